The zero-order chi connectivity index (χ0) is 14.9. The Morgan fingerprint density at radius 3 is 2.65 bits per heavy atom. The fraction of sp³-hybridized carbons (Fsp3) is 0.0714. The lowest BCUT2D eigenvalue weighted by Crippen LogP contribution is -2.15. The van der Waals surface area contributed by atoms with Gasteiger partial charge in [-0.25, -0.2) is 4.39 Å². The number of hydrogen-bond acceptors (Lipinski definition) is 3. The molecule has 0 fully saturated rings. The van der Waals surface area contributed by atoms with Gasteiger partial charge in [0, 0.05) is 24.4 Å². The van der Waals surface area contributed by atoms with Gasteiger partial charge in [0.1, 0.15) is 10.7 Å². The fourth-order valence-electron chi connectivity index (χ4n) is 1.83. The van der Waals surface area contributed by atoms with Crippen LogP contribution >= 0.6 is 28.1 Å². The van der Waals surface area contributed by atoms with E-state index in [1.807, 2.05) is 0 Å². The van der Waals surface area contributed by atoms with E-state index in [2.05, 4.69) is 15.9 Å². The van der Waals surface area contributed by atoms with E-state index in [9.17, 15) is 9.50 Å². The molecule has 2 rings (SSSR count). The number of phenolic OH excluding ortho intramolecular Hbond substituents is 1. The van der Waals surface area contributed by atoms with Crippen molar-refractivity contribution in [2.45, 2.75) is 0 Å². The number of phenols is 1. The minimum absolute atomic E-state index is 0.119. The average Bonchev–Trinajstić information content (AvgIpc) is 2.40. The topological polar surface area (TPSA) is 49.5 Å². The zero-order valence-corrected chi connectivity index (χ0v) is 13.0. The summed E-state index contributed by atoms with van der Waals surface area (Å²) in [4.78, 5) is 1.76. The van der Waals surface area contributed by atoms with E-state index in [4.69, 9.17) is 18.0 Å². The van der Waals surface area contributed by atoms with Crippen LogP contribution in [0.1, 0.15) is 5.56 Å². The van der Waals surface area contributed by atoms with Gasteiger partial charge >= 0.3 is 0 Å². The summed E-state index contributed by atoms with van der Waals surface area (Å²) in [5, 5.41) is 9.49. The molecule has 0 aliphatic heterocycles. The van der Waals surface area contributed by atoms with E-state index >= 15 is 0 Å². The third kappa shape index (κ3) is 2.76. The number of nitrogens with two attached hydrogens (primary N) is 1. The van der Waals surface area contributed by atoms with Crippen molar-refractivity contribution in [3.05, 3.63) is 52.3 Å². The first kappa shape index (κ1) is 14.7. The molecule has 3 N–H and O–H groups in total. The predicted octanol–water partition coefficient (Wildman–Crippen LogP) is 3.70. The van der Waals surface area contributed by atoms with Gasteiger partial charge in [-0.05, 0) is 40.2 Å². The summed E-state index contributed by atoms with van der Waals surface area (Å²) in [5.74, 6) is -0.338. The SMILES string of the molecule is CN(c1cccc(O)c1)c1ccc(C(N)=S)c(Br)c1F. The largest absolute Gasteiger partial charge is 0.508 e. The van der Waals surface area contributed by atoms with Gasteiger partial charge in [0.25, 0.3) is 0 Å². The standard InChI is InChI=1S/C14H12BrFN2OS/c1-18(8-3-2-4-9(19)7-8)11-6-5-10(14(17)20)12(15)13(11)16/h2-7,19H,1H3,(H2,17,20). The van der Waals surface area contributed by atoms with Crippen LogP contribution in [0.15, 0.2) is 40.9 Å². The second-order valence-corrected chi connectivity index (χ2v) is 5.44. The van der Waals surface area contributed by atoms with Crippen molar-refractivity contribution in [1.82, 2.24) is 0 Å². The maximum Gasteiger partial charge on any atom is 0.161 e. The van der Waals surface area contributed by atoms with Crippen LogP contribution in [0.4, 0.5) is 15.8 Å². The molecule has 104 valence electrons. The summed E-state index contributed by atoms with van der Waals surface area (Å²) in [7, 11) is 1.71. The molecule has 0 aromatic heterocycles. The van der Waals surface area contributed by atoms with Crippen LogP contribution in [0.2, 0.25) is 0 Å². The van der Waals surface area contributed by atoms with E-state index in [0.717, 1.165) is 0 Å². The first-order valence-electron chi connectivity index (χ1n) is 5.72. The smallest absolute Gasteiger partial charge is 0.161 e. The molecule has 0 saturated heterocycles. The van der Waals surface area contributed by atoms with Gasteiger partial charge in [0.2, 0.25) is 0 Å². The number of aromatic hydroxyl groups is 1. The van der Waals surface area contributed by atoms with Gasteiger partial charge in [-0.3, -0.25) is 0 Å². The highest BCUT2D eigenvalue weighted by atomic mass is 79.9. The Bertz CT molecular complexity index is 678. The highest BCUT2D eigenvalue weighted by Gasteiger charge is 2.16. The van der Waals surface area contributed by atoms with Crippen LogP contribution in [0, 0.1) is 5.82 Å². The molecule has 0 aliphatic rings. The molecular formula is C14H12BrFN2OS. The van der Waals surface area contributed by atoms with Crippen molar-refractivity contribution in [2.75, 3.05) is 11.9 Å². The predicted molar refractivity (Wildman–Crippen MR) is 86.2 cm³/mol. The molecular weight excluding hydrogens is 343 g/mol. The minimum atomic E-state index is -0.457. The molecule has 6 heteroatoms. The minimum Gasteiger partial charge on any atom is -0.508 e. The van der Waals surface area contributed by atoms with E-state index in [1.165, 1.54) is 0 Å². The molecule has 0 unspecified atom stereocenters. The Labute approximate surface area is 130 Å². The zero-order valence-electron chi connectivity index (χ0n) is 10.6. The molecule has 2 aromatic carbocycles. The first-order valence-corrected chi connectivity index (χ1v) is 6.92. The molecule has 3 nitrogen and oxygen atoms in total. The number of rotatable bonds is 3. The summed E-state index contributed by atoms with van der Waals surface area (Å²) in [6, 6.07) is 9.82. The molecule has 0 heterocycles. The Hall–Kier alpha value is -1.66. The molecule has 0 radical (unpaired) electrons. The molecule has 0 spiro atoms. The number of halogens is 2. The van der Waals surface area contributed by atoms with E-state index in [0.29, 0.717) is 16.9 Å². The molecule has 0 saturated carbocycles. The monoisotopic (exact) mass is 354 g/mol. The van der Waals surface area contributed by atoms with Crippen LogP contribution in [-0.4, -0.2) is 17.1 Å². The average molecular weight is 355 g/mol. The van der Waals surface area contributed by atoms with Gasteiger partial charge < -0.3 is 15.7 Å². The quantitative estimate of drug-likeness (QED) is 0.825. The normalized spacial score (nSPS) is 10.3. The Morgan fingerprint density at radius 1 is 1.35 bits per heavy atom. The van der Waals surface area contributed by atoms with E-state index < -0.39 is 5.82 Å². The first-order chi connectivity index (χ1) is 9.41. The van der Waals surface area contributed by atoms with Crippen molar-refractivity contribution in [2.24, 2.45) is 5.73 Å². The van der Waals surface area contributed by atoms with Gasteiger partial charge in [-0.15, -0.1) is 0 Å². The number of anilines is 2. The third-order valence-corrected chi connectivity index (χ3v) is 3.90. The third-order valence-electron chi connectivity index (χ3n) is 2.91. The van der Waals surface area contributed by atoms with Gasteiger partial charge in [-0.1, -0.05) is 18.3 Å². The van der Waals surface area contributed by atoms with E-state index in [1.54, 1.807) is 48.3 Å². The van der Waals surface area contributed by atoms with Crippen molar-refractivity contribution >= 4 is 44.5 Å². The maximum atomic E-state index is 14.4. The number of nitrogens with zero attached hydrogens (tertiary/aromatic N) is 1. The van der Waals surface area contributed by atoms with Crippen LogP contribution in [0.5, 0.6) is 5.75 Å². The van der Waals surface area contributed by atoms with Crippen molar-refractivity contribution in [3.63, 3.8) is 0 Å². The van der Waals surface area contributed by atoms with Crippen LogP contribution in [0.3, 0.4) is 0 Å². The van der Waals surface area contributed by atoms with Gasteiger partial charge in [0.15, 0.2) is 5.82 Å². The highest BCUT2D eigenvalue weighted by molar-refractivity contribution is 9.10. The van der Waals surface area contributed by atoms with E-state index in [-0.39, 0.29) is 15.2 Å². The molecule has 0 atom stereocenters. The fourth-order valence-corrected chi connectivity index (χ4v) is 2.68. The highest BCUT2D eigenvalue weighted by Crippen LogP contribution is 2.33. The van der Waals surface area contributed by atoms with Crippen LogP contribution in [-0.2, 0) is 0 Å². The number of benzene rings is 2. The molecule has 0 amide bonds. The van der Waals surface area contributed by atoms with Crippen LogP contribution < -0.4 is 10.6 Å². The number of hydrogen-bond donors (Lipinski definition) is 2. The van der Waals surface area contributed by atoms with Crippen LogP contribution in [0.25, 0.3) is 0 Å². The Kier molecular flexibility index (Phi) is 4.25. The van der Waals surface area contributed by atoms with Crippen molar-refractivity contribution in [3.8, 4) is 5.75 Å². The maximum absolute atomic E-state index is 14.4. The lowest BCUT2D eigenvalue weighted by atomic mass is 10.1. The lowest BCUT2D eigenvalue weighted by Gasteiger charge is -2.21. The molecule has 0 bridgehead atoms. The number of thiocarbonyl (C=S) groups is 1. The summed E-state index contributed by atoms with van der Waals surface area (Å²) in [6.45, 7) is 0. The second kappa shape index (κ2) is 5.76. The molecule has 20 heavy (non-hydrogen) atoms. The summed E-state index contributed by atoms with van der Waals surface area (Å²) in [5.41, 5.74) is 6.99. The Balaban J connectivity index is 2.48. The lowest BCUT2D eigenvalue weighted by molar-refractivity contribution is 0.475. The summed E-state index contributed by atoms with van der Waals surface area (Å²) >= 11 is 8.03. The van der Waals surface area contributed by atoms with Gasteiger partial charge in [-0.2, -0.15) is 0 Å². The summed E-state index contributed by atoms with van der Waals surface area (Å²) in [6.07, 6.45) is 0. The second-order valence-electron chi connectivity index (χ2n) is 4.20. The van der Waals surface area contributed by atoms with Crippen molar-refractivity contribution in [1.29, 1.82) is 0 Å². The summed E-state index contributed by atoms with van der Waals surface area (Å²) < 4.78 is 14.6. The van der Waals surface area contributed by atoms with Gasteiger partial charge in [0.05, 0.1) is 10.2 Å². The molecule has 0 aliphatic carbocycles. The Morgan fingerprint density at radius 2 is 2.05 bits per heavy atom. The molecule has 2 aromatic rings. The van der Waals surface area contributed by atoms with Crippen molar-refractivity contribution < 1.29 is 9.50 Å².